The van der Waals surface area contributed by atoms with Gasteiger partial charge in [-0.2, -0.15) is 0 Å². The maximum atomic E-state index is 8.56. The summed E-state index contributed by atoms with van der Waals surface area (Å²) < 4.78 is 0. The lowest BCUT2D eigenvalue weighted by molar-refractivity contribution is 0.282. The van der Waals surface area contributed by atoms with Crippen molar-refractivity contribution in [1.29, 1.82) is 0 Å². The Hall–Kier alpha value is 0.390. The first kappa shape index (κ1) is 13.4. The van der Waals surface area contributed by atoms with E-state index in [0.717, 1.165) is 6.42 Å². The van der Waals surface area contributed by atoms with Crippen LogP contribution in [-0.4, -0.2) is 17.9 Å². The van der Waals surface area contributed by atoms with Gasteiger partial charge in [-0.25, -0.2) is 0 Å². The monoisotopic (exact) mass is 204 g/mol. The summed E-state index contributed by atoms with van der Waals surface area (Å²) in [5.41, 5.74) is 0. The van der Waals surface area contributed by atoms with Gasteiger partial charge >= 0.3 is 0 Å². The van der Waals surface area contributed by atoms with Gasteiger partial charge in [-0.15, -0.1) is 9.24 Å². The quantitative estimate of drug-likeness (QED) is 0.427. The normalized spacial score (nSPS) is 10.6. The molecule has 0 bridgehead atoms. The molecule has 0 aromatic heterocycles. The summed E-state index contributed by atoms with van der Waals surface area (Å²) in [6, 6.07) is 0. The molecule has 1 unspecified atom stereocenters. The lowest BCUT2D eigenvalue weighted by Crippen LogP contribution is -1.84. The first-order valence-corrected chi connectivity index (χ1v) is 6.54. The third kappa shape index (κ3) is 12.4. The van der Waals surface area contributed by atoms with Gasteiger partial charge in [-0.1, -0.05) is 44.9 Å². The molecule has 0 amide bonds. The van der Waals surface area contributed by atoms with E-state index in [2.05, 4.69) is 9.24 Å². The van der Waals surface area contributed by atoms with Crippen LogP contribution in [-0.2, 0) is 0 Å². The summed E-state index contributed by atoms with van der Waals surface area (Å²) in [5, 5.41) is 8.56. The number of hydrogen-bond donors (Lipinski definition) is 1. The summed E-state index contributed by atoms with van der Waals surface area (Å²) in [4.78, 5) is 0. The highest BCUT2D eigenvalue weighted by atomic mass is 31.0. The minimum absolute atomic E-state index is 0.369. The van der Waals surface area contributed by atoms with E-state index in [0.29, 0.717) is 6.61 Å². The molecule has 0 aromatic carbocycles. The van der Waals surface area contributed by atoms with Crippen LogP contribution in [0.25, 0.3) is 0 Å². The van der Waals surface area contributed by atoms with E-state index in [9.17, 15) is 0 Å². The molecular weight excluding hydrogens is 179 g/mol. The van der Waals surface area contributed by atoms with Gasteiger partial charge in [0, 0.05) is 6.61 Å². The fourth-order valence-corrected chi connectivity index (χ4v) is 1.78. The first-order valence-electron chi connectivity index (χ1n) is 5.72. The van der Waals surface area contributed by atoms with Crippen LogP contribution in [0, 0.1) is 0 Å². The Morgan fingerprint density at radius 1 is 0.615 bits per heavy atom. The van der Waals surface area contributed by atoms with Crippen molar-refractivity contribution >= 4 is 9.24 Å². The minimum atomic E-state index is 0.369. The van der Waals surface area contributed by atoms with E-state index in [1.54, 1.807) is 0 Å². The molecule has 80 valence electrons. The lowest BCUT2D eigenvalue weighted by Gasteiger charge is -2.00. The molecule has 0 saturated carbocycles. The molecule has 0 aromatic rings. The van der Waals surface area contributed by atoms with Crippen molar-refractivity contribution in [2.75, 3.05) is 12.8 Å². The van der Waals surface area contributed by atoms with Crippen molar-refractivity contribution in [1.82, 2.24) is 0 Å². The van der Waals surface area contributed by atoms with Gasteiger partial charge in [0.25, 0.3) is 0 Å². The van der Waals surface area contributed by atoms with Crippen LogP contribution in [0.4, 0.5) is 0 Å². The number of aliphatic hydroxyl groups excluding tert-OH is 1. The molecule has 0 aliphatic carbocycles. The van der Waals surface area contributed by atoms with Gasteiger partial charge in [0.2, 0.25) is 0 Å². The van der Waals surface area contributed by atoms with Crippen LogP contribution in [0.5, 0.6) is 0 Å². The molecule has 13 heavy (non-hydrogen) atoms. The maximum Gasteiger partial charge on any atom is 0.0431 e. The van der Waals surface area contributed by atoms with Gasteiger partial charge in [0.15, 0.2) is 0 Å². The summed E-state index contributed by atoms with van der Waals surface area (Å²) in [6.07, 6.45) is 13.1. The van der Waals surface area contributed by atoms with Crippen molar-refractivity contribution in [2.45, 2.75) is 57.8 Å². The standard InChI is InChI=1S/C11H25OP/c12-10-8-6-4-2-1-3-5-7-9-11-13/h12H,1-11,13H2. The fraction of sp³-hybridized carbons (Fsp3) is 1.00. The summed E-state index contributed by atoms with van der Waals surface area (Å²) in [5.74, 6) is 0. The van der Waals surface area contributed by atoms with E-state index < -0.39 is 0 Å². The smallest absolute Gasteiger partial charge is 0.0431 e. The fourth-order valence-electron chi connectivity index (χ4n) is 1.49. The van der Waals surface area contributed by atoms with E-state index >= 15 is 0 Å². The second-order valence-corrected chi connectivity index (χ2v) is 4.27. The van der Waals surface area contributed by atoms with Crippen molar-refractivity contribution < 1.29 is 5.11 Å². The summed E-state index contributed by atoms with van der Waals surface area (Å²) in [7, 11) is 2.78. The zero-order valence-electron chi connectivity index (χ0n) is 8.80. The molecule has 0 fully saturated rings. The number of aliphatic hydroxyl groups is 1. The molecule has 0 saturated heterocycles. The Bertz CT molecular complexity index is 76.2. The van der Waals surface area contributed by atoms with Crippen LogP contribution >= 0.6 is 9.24 Å². The molecule has 1 atom stereocenters. The van der Waals surface area contributed by atoms with Crippen LogP contribution in [0.3, 0.4) is 0 Å². The van der Waals surface area contributed by atoms with E-state index in [1.165, 1.54) is 57.5 Å². The van der Waals surface area contributed by atoms with Crippen molar-refractivity contribution in [3.8, 4) is 0 Å². The summed E-state index contributed by atoms with van der Waals surface area (Å²) in [6.45, 7) is 0.369. The Morgan fingerprint density at radius 3 is 1.38 bits per heavy atom. The van der Waals surface area contributed by atoms with Crippen molar-refractivity contribution in [3.05, 3.63) is 0 Å². The van der Waals surface area contributed by atoms with Gasteiger partial charge < -0.3 is 5.11 Å². The maximum absolute atomic E-state index is 8.56. The van der Waals surface area contributed by atoms with E-state index in [-0.39, 0.29) is 0 Å². The predicted molar refractivity (Wildman–Crippen MR) is 63.2 cm³/mol. The van der Waals surface area contributed by atoms with Crippen LogP contribution in [0.15, 0.2) is 0 Å². The average molecular weight is 204 g/mol. The Morgan fingerprint density at radius 2 is 1.00 bits per heavy atom. The number of unbranched alkanes of at least 4 members (excludes halogenated alkanes) is 8. The number of hydrogen-bond acceptors (Lipinski definition) is 1. The Labute approximate surface area is 85.5 Å². The van der Waals surface area contributed by atoms with Gasteiger partial charge in [0.1, 0.15) is 0 Å². The highest BCUT2D eigenvalue weighted by molar-refractivity contribution is 7.16. The predicted octanol–water partition coefficient (Wildman–Crippen LogP) is 3.36. The second kappa shape index (κ2) is 12.4. The molecule has 0 aliphatic heterocycles. The van der Waals surface area contributed by atoms with Crippen LogP contribution < -0.4 is 0 Å². The molecular formula is C11H25OP. The minimum Gasteiger partial charge on any atom is -0.396 e. The molecule has 0 heterocycles. The SMILES string of the molecule is OCCCCCCCCCCCP. The second-order valence-electron chi connectivity index (χ2n) is 3.69. The molecule has 2 heteroatoms. The highest BCUT2D eigenvalue weighted by Gasteiger charge is 1.91. The molecule has 0 spiro atoms. The van der Waals surface area contributed by atoms with Crippen LogP contribution in [0.1, 0.15) is 57.8 Å². The molecule has 0 radical (unpaired) electrons. The van der Waals surface area contributed by atoms with Gasteiger partial charge in [0.05, 0.1) is 0 Å². The first-order chi connectivity index (χ1) is 6.41. The lowest BCUT2D eigenvalue weighted by atomic mass is 10.1. The van der Waals surface area contributed by atoms with E-state index in [1.807, 2.05) is 0 Å². The topological polar surface area (TPSA) is 20.2 Å². The third-order valence-electron chi connectivity index (χ3n) is 2.36. The van der Waals surface area contributed by atoms with Crippen molar-refractivity contribution in [3.63, 3.8) is 0 Å². The largest absolute Gasteiger partial charge is 0.396 e. The Balaban J connectivity index is 2.76. The molecule has 1 N–H and O–H groups in total. The van der Waals surface area contributed by atoms with E-state index in [4.69, 9.17) is 5.11 Å². The molecule has 1 nitrogen and oxygen atoms in total. The average Bonchev–Trinajstić information content (AvgIpc) is 2.16. The van der Waals surface area contributed by atoms with Crippen molar-refractivity contribution in [2.24, 2.45) is 0 Å². The number of rotatable bonds is 10. The third-order valence-corrected chi connectivity index (χ3v) is 2.77. The highest BCUT2D eigenvalue weighted by Crippen LogP contribution is 2.09. The zero-order chi connectivity index (χ0) is 9.78. The molecule has 0 aliphatic rings. The Kier molecular flexibility index (Phi) is 12.8. The van der Waals surface area contributed by atoms with Crippen LogP contribution in [0.2, 0.25) is 0 Å². The summed E-state index contributed by atoms with van der Waals surface area (Å²) >= 11 is 0. The van der Waals surface area contributed by atoms with Gasteiger partial charge in [-0.3, -0.25) is 0 Å². The molecule has 0 rings (SSSR count). The van der Waals surface area contributed by atoms with Gasteiger partial charge in [-0.05, 0) is 19.0 Å². The zero-order valence-corrected chi connectivity index (χ0v) is 9.96.